The smallest absolute Gasteiger partial charge is 0.0111 e. The van der Waals surface area contributed by atoms with Crippen LogP contribution in [0.25, 0.3) is 66.4 Å². The van der Waals surface area contributed by atoms with E-state index in [9.17, 15) is 0 Å². The van der Waals surface area contributed by atoms with E-state index >= 15 is 0 Å². The topological polar surface area (TPSA) is 0 Å². The summed E-state index contributed by atoms with van der Waals surface area (Å²) in [4.78, 5) is 0. The summed E-state index contributed by atoms with van der Waals surface area (Å²) in [5, 5.41) is 2.73. The molecule has 0 saturated heterocycles. The first-order valence-corrected chi connectivity index (χ1v) is 13.9. The fourth-order valence-electron chi connectivity index (χ4n) is 7.88. The van der Waals surface area contributed by atoms with Crippen molar-refractivity contribution in [3.05, 3.63) is 132 Å². The largest absolute Gasteiger partial charge is 0.0622 e. The average molecular weight is 483 g/mol. The van der Waals surface area contributed by atoms with Crippen LogP contribution >= 0.6 is 0 Å². The summed E-state index contributed by atoms with van der Waals surface area (Å²) >= 11 is 0. The highest BCUT2D eigenvalue weighted by molar-refractivity contribution is 6.24. The minimum Gasteiger partial charge on any atom is -0.0622 e. The summed E-state index contributed by atoms with van der Waals surface area (Å²) in [5.41, 5.74) is 18.8. The van der Waals surface area contributed by atoms with Gasteiger partial charge >= 0.3 is 0 Å². The van der Waals surface area contributed by atoms with Crippen molar-refractivity contribution in [3.8, 4) is 55.6 Å². The summed E-state index contributed by atoms with van der Waals surface area (Å²) in [5.74, 6) is 0.454. The van der Waals surface area contributed by atoms with E-state index in [2.05, 4.69) is 115 Å². The summed E-state index contributed by atoms with van der Waals surface area (Å²) < 4.78 is 0. The predicted molar refractivity (Wildman–Crippen MR) is 159 cm³/mol. The molecule has 0 N–H and O–H groups in total. The molecule has 0 aliphatic heterocycles. The molecule has 0 saturated carbocycles. The Labute approximate surface area is 223 Å². The van der Waals surface area contributed by atoms with Crippen molar-refractivity contribution < 1.29 is 0 Å². The minimum atomic E-state index is 0.454. The first-order chi connectivity index (χ1) is 18.9. The Bertz CT molecular complexity index is 1920. The van der Waals surface area contributed by atoms with Crippen molar-refractivity contribution in [2.75, 3.05) is 0 Å². The van der Waals surface area contributed by atoms with Gasteiger partial charge in [-0.15, -0.1) is 0 Å². The summed E-state index contributed by atoms with van der Waals surface area (Å²) in [6, 6.07) is 43.2. The van der Waals surface area contributed by atoms with E-state index in [-0.39, 0.29) is 0 Å². The molecule has 0 radical (unpaired) electrons. The lowest BCUT2D eigenvalue weighted by Gasteiger charge is -2.26. The number of aryl methyl sites for hydroxylation is 1. The van der Waals surface area contributed by atoms with Gasteiger partial charge in [0.15, 0.2) is 0 Å². The van der Waals surface area contributed by atoms with Crippen molar-refractivity contribution in [2.24, 2.45) is 0 Å². The van der Waals surface area contributed by atoms with E-state index in [0.717, 1.165) is 0 Å². The first kappa shape index (κ1) is 20.6. The molecule has 0 spiro atoms. The van der Waals surface area contributed by atoms with Crippen LogP contribution in [0.5, 0.6) is 0 Å². The van der Waals surface area contributed by atoms with E-state index in [1.165, 1.54) is 85.7 Å². The van der Waals surface area contributed by atoms with Crippen molar-refractivity contribution in [2.45, 2.75) is 25.2 Å². The first-order valence-electron chi connectivity index (χ1n) is 13.9. The standard InChI is InChI=1S/C38H26/c1-3-11-25(12-4-1)33-35-27-19-7-15-23-17-9-21-29(31(23)27)37(35)34(26-13-5-2-6-14-26)38-30-22-10-18-24-16-8-20-28(32(24)30)36(33)38/h1-9,11-17,19-21,30H,10,18,22H2. The van der Waals surface area contributed by atoms with Gasteiger partial charge in [-0.25, -0.2) is 0 Å². The monoisotopic (exact) mass is 482 g/mol. The molecule has 3 aliphatic carbocycles. The number of fused-ring (bicyclic) bond motifs is 6. The third-order valence-corrected chi connectivity index (χ3v) is 9.21. The normalized spacial score (nSPS) is 15.8. The van der Waals surface area contributed by atoms with Crippen molar-refractivity contribution >= 4 is 10.8 Å². The van der Waals surface area contributed by atoms with E-state index in [1.54, 1.807) is 16.7 Å². The van der Waals surface area contributed by atoms with Crippen molar-refractivity contribution in [1.29, 1.82) is 0 Å². The highest BCUT2D eigenvalue weighted by Crippen LogP contribution is 2.64. The Kier molecular flexibility index (Phi) is 4.10. The Morgan fingerprint density at radius 2 is 1.05 bits per heavy atom. The molecule has 38 heavy (non-hydrogen) atoms. The second-order valence-electron chi connectivity index (χ2n) is 11.1. The zero-order valence-corrected chi connectivity index (χ0v) is 21.2. The third-order valence-electron chi connectivity index (χ3n) is 9.21. The lowest BCUT2D eigenvalue weighted by Crippen LogP contribution is -2.09. The lowest BCUT2D eigenvalue weighted by atomic mass is 9.76. The van der Waals surface area contributed by atoms with Crippen LogP contribution in [0.15, 0.2) is 115 Å². The van der Waals surface area contributed by atoms with Crippen LogP contribution in [-0.4, -0.2) is 0 Å². The summed E-state index contributed by atoms with van der Waals surface area (Å²) in [7, 11) is 0. The molecular formula is C38H26. The van der Waals surface area contributed by atoms with Crippen LogP contribution in [0.2, 0.25) is 0 Å². The van der Waals surface area contributed by atoms with Crippen molar-refractivity contribution in [3.63, 3.8) is 0 Å². The van der Waals surface area contributed by atoms with Crippen LogP contribution in [0.3, 0.4) is 0 Å². The lowest BCUT2D eigenvalue weighted by molar-refractivity contribution is 0.628. The van der Waals surface area contributed by atoms with Gasteiger partial charge in [-0.05, 0) is 102 Å². The SMILES string of the molecule is c1ccc(-c2c3c(c(-c4ccccc4)c4c2-c2cccc5c2C4CCC5)-c2cccc4cccc-3c24)cc1. The molecule has 0 fully saturated rings. The molecule has 6 aromatic carbocycles. The molecule has 9 rings (SSSR count). The molecule has 178 valence electrons. The predicted octanol–water partition coefficient (Wildman–Crippen LogP) is 10.3. The maximum atomic E-state index is 2.40. The molecule has 1 atom stereocenters. The van der Waals surface area contributed by atoms with E-state index in [4.69, 9.17) is 0 Å². The van der Waals surface area contributed by atoms with Crippen LogP contribution in [0.1, 0.15) is 35.4 Å². The molecule has 0 bridgehead atoms. The minimum absolute atomic E-state index is 0.454. The molecule has 0 aromatic heterocycles. The zero-order chi connectivity index (χ0) is 24.8. The Balaban J connectivity index is 1.56. The second-order valence-corrected chi connectivity index (χ2v) is 11.1. The number of rotatable bonds is 2. The van der Waals surface area contributed by atoms with Crippen LogP contribution in [0, 0.1) is 0 Å². The van der Waals surface area contributed by atoms with Gasteiger partial charge in [-0.3, -0.25) is 0 Å². The van der Waals surface area contributed by atoms with E-state index in [1.807, 2.05) is 0 Å². The fraction of sp³-hybridized carbons (Fsp3) is 0.105. The molecule has 3 aliphatic rings. The van der Waals surface area contributed by atoms with Crippen LogP contribution < -0.4 is 0 Å². The van der Waals surface area contributed by atoms with Gasteiger partial charge in [0.05, 0.1) is 0 Å². The summed E-state index contributed by atoms with van der Waals surface area (Å²) in [6.07, 6.45) is 3.67. The molecule has 0 heteroatoms. The molecule has 0 nitrogen and oxygen atoms in total. The van der Waals surface area contributed by atoms with Crippen molar-refractivity contribution in [1.82, 2.24) is 0 Å². The Morgan fingerprint density at radius 3 is 1.76 bits per heavy atom. The molecule has 6 aromatic rings. The molecule has 0 heterocycles. The highest BCUT2D eigenvalue weighted by atomic mass is 14.4. The number of hydrogen-bond donors (Lipinski definition) is 0. The number of benzene rings is 6. The second kappa shape index (κ2) is 7.55. The van der Waals surface area contributed by atoms with E-state index in [0.29, 0.717) is 5.92 Å². The van der Waals surface area contributed by atoms with Gasteiger partial charge in [0.25, 0.3) is 0 Å². The zero-order valence-electron chi connectivity index (χ0n) is 21.2. The van der Waals surface area contributed by atoms with Crippen LogP contribution in [-0.2, 0) is 6.42 Å². The Morgan fingerprint density at radius 1 is 0.447 bits per heavy atom. The van der Waals surface area contributed by atoms with Crippen LogP contribution in [0.4, 0.5) is 0 Å². The van der Waals surface area contributed by atoms with E-state index < -0.39 is 0 Å². The average Bonchev–Trinajstić information content (AvgIpc) is 3.49. The van der Waals surface area contributed by atoms with Gasteiger partial charge < -0.3 is 0 Å². The van der Waals surface area contributed by atoms with Gasteiger partial charge in [0.1, 0.15) is 0 Å². The maximum absolute atomic E-state index is 2.40. The summed E-state index contributed by atoms with van der Waals surface area (Å²) in [6.45, 7) is 0. The quantitative estimate of drug-likeness (QED) is 0.230. The maximum Gasteiger partial charge on any atom is 0.0111 e. The Hall–Kier alpha value is -4.42. The fourth-order valence-corrected chi connectivity index (χ4v) is 7.88. The third kappa shape index (κ3) is 2.55. The van der Waals surface area contributed by atoms with Gasteiger partial charge in [0.2, 0.25) is 0 Å². The van der Waals surface area contributed by atoms with Gasteiger partial charge in [-0.1, -0.05) is 115 Å². The molecule has 1 unspecified atom stereocenters. The number of hydrogen-bond acceptors (Lipinski definition) is 0. The molecule has 0 amide bonds. The van der Waals surface area contributed by atoms with Gasteiger partial charge in [0, 0.05) is 5.92 Å². The van der Waals surface area contributed by atoms with Gasteiger partial charge in [-0.2, -0.15) is 0 Å². The molecular weight excluding hydrogens is 456 g/mol. The highest BCUT2D eigenvalue weighted by Gasteiger charge is 2.41.